The maximum atomic E-state index is 5.58. The zero-order chi connectivity index (χ0) is 7.56. The van der Waals surface area contributed by atoms with Crippen LogP contribution in [0.25, 0.3) is 0 Å². The van der Waals surface area contributed by atoms with Gasteiger partial charge in [0, 0.05) is 5.69 Å². The SMILES string of the molecule is CCc1cc(Br)nc(Cl)n1. The fraction of sp³-hybridized carbons (Fsp3) is 0.333. The summed E-state index contributed by atoms with van der Waals surface area (Å²) in [6, 6.07) is 1.85. The highest BCUT2D eigenvalue weighted by molar-refractivity contribution is 9.10. The molecule has 0 saturated heterocycles. The average molecular weight is 221 g/mol. The summed E-state index contributed by atoms with van der Waals surface area (Å²) >= 11 is 8.79. The highest BCUT2D eigenvalue weighted by Gasteiger charge is 1.96. The number of hydrogen-bond donors (Lipinski definition) is 0. The van der Waals surface area contributed by atoms with Crippen LogP contribution in [0.1, 0.15) is 12.6 Å². The molecule has 10 heavy (non-hydrogen) atoms. The monoisotopic (exact) mass is 220 g/mol. The van der Waals surface area contributed by atoms with Gasteiger partial charge >= 0.3 is 0 Å². The molecule has 2 nitrogen and oxygen atoms in total. The summed E-state index contributed by atoms with van der Waals surface area (Å²) in [4.78, 5) is 7.83. The first-order valence-corrected chi connectivity index (χ1v) is 4.08. The molecule has 0 bridgehead atoms. The van der Waals surface area contributed by atoms with Crippen LogP contribution in [0, 0.1) is 0 Å². The summed E-state index contributed by atoms with van der Waals surface area (Å²) in [5.41, 5.74) is 0.951. The Bertz CT molecular complexity index is 219. The first-order valence-electron chi connectivity index (χ1n) is 2.91. The van der Waals surface area contributed by atoms with Gasteiger partial charge in [0.25, 0.3) is 0 Å². The predicted octanol–water partition coefficient (Wildman–Crippen LogP) is 2.45. The van der Waals surface area contributed by atoms with Crippen LogP contribution in [0.4, 0.5) is 0 Å². The van der Waals surface area contributed by atoms with Gasteiger partial charge in [0.15, 0.2) is 0 Å². The maximum Gasteiger partial charge on any atom is 0.223 e. The van der Waals surface area contributed by atoms with Crippen LogP contribution in [0.3, 0.4) is 0 Å². The van der Waals surface area contributed by atoms with E-state index in [1.54, 1.807) is 0 Å². The van der Waals surface area contributed by atoms with Crippen LogP contribution in [0.5, 0.6) is 0 Å². The second-order valence-corrected chi connectivity index (χ2v) is 2.96. The Morgan fingerprint density at radius 2 is 2.30 bits per heavy atom. The van der Waals surface area contributed by atoms with E-state index in [1.807, 2.05) is 13.0 Å². The van der Waals surface area contributed by atoms with E-state index in [9.17, 15) is 0 Å². The van der Waals surface area contributed by atoms with E-state index in [4.69, 9.17) is 11.6 Å². The largest absolute Gasteiger partial charge is 0.223 e. The van der Waals surface area contributed by atoms with E-state index in [1.165, 1.54) is 0 Å². The van der Waals surface area contributed by atoms with Gasteiger partial charge in [0.2, 0.25) is 5.28 Å². The van der Waals surface area contributed by atoms with Gasteiger partial charge in [-0.1, -0.05) is 6.92 Å². The number of rotatable bonds is 1. The summed E-state index contributed by atoms with van der Waals surface area (Å²) in [6.07, 6.45) is 0.876. The molecular weight excluding hydrogens is 215 g/mol. The lowest BCUT2D eigenvalue weighted by Gasteiger charge is -1.95. The second-order valence-electron chi connectivity index (χ2n) is 1.80. The highest BCUT2D eigenvalue weighted by Crippen LogP contribution is 2.11. The summed E-state index contributed by atoms with van der Waals surface area (Å²) in [6.45, 7) is 2.02. The average Bonchev–Trinajstić information content (AvgIpc) is 1.85. The van der Waals surface area contributed by atoms with Gasteiger partial charge in [0.05, 0.1) is 0 Å². The fourth-order valence-electron chi connectivity index (χ4n) is 0.615. The van der Waals surface area contributed by atoms with Crippen LogP contribution < -0.4 is 0 Å². The molecule has 1 aromatic rings. The lowest BCUT2D eigenvalue weighted by atomic mass is 10.3. The van der Waals surface area contributed by atoms with Gasteiger partial charge in [-0.3, -0.25) is 0 Å². The first kappa shape index (κ1) is 7.95. The molecule has 0 N–H and O–H groups in total. The summed E-state index contributed by atoms with van der Waals surface area (Å²) in [5, 5.41) is 0.297. The van der Waals surface area contributed by atoms with Crippen LogP contribution in [-0.4, -0.2) is 9.97 Å². The van der Waals surface area contributed by atoms with Crippen molar-refractivity contribution in [2.24, 2.45) is 0 Å². The summed E-state index contributed by atoms with van der Waals surface area (Å²) in [7, 11) is 0. The third-order valence-electron chi connectivity index (χ3n) is 1.08. The van der Waals surface area contributed by atoms with Gasteiger partial charge in [0.1, 0.15) is 4.60 Å². The Morgan fingerprint density at radius 3 is 2.80 bits per heavy atom. The highest BCUT2D eigenvalue weighted by atomic mass is 79.9. The molecule has 1 aromatic heterocycles. The fourth-order valence-corrected chi connectivity index (χ4v) is 1.35. The zero-order valence-corrected chi connectivity index (χ0v) is 7.78. The molecule has 0 aromatic carbocycles. The van der Waals surface area contributed by atoms with Gasteiger partial charge in [-0.2, -0.15) is 0 Å². The van der Waals surface area contributed by atoms with E-state index in [0.29, 0.717) is 5.28 Å². The normalized spacial score (nSPS) is 9.90. The molecule has 0 radical (unpaired) electrons. The molecule has 0 aliphatic rings. The predicted molar refractivity (Wildman–Crippen MR) is 44.1 cm³/mol. The molecule has 0 saturated carbocycles. The molecule has 54 valence electrons. The molecule has 0 fully saturated rings. The zero-order valence-electron chi connectivity index (χ0n) is 5.43. The van der Waals surface area contributed by atoms with Crippen molar-refractivity contribution in [1.29, 1.82) is 0 Å². The molecule has 0 amide bonds. The molecule has 0 aliphatic heterocycles. The minimum atomic E-state index is 0.297. The molecule has 1 heterocycles. The Kier molecular flexibility index (Phi) is 2.63. The van der Waals surface area contributed by atoms with Gasteiger partial charge < -0.3 is 0 Å². The van der Waals surface area contributed by atoms with E-state index >= 15 is 0 Å². The number of nitrogens with zero attached hydrogens (tertiary/aromatic N) is 2. The molecule has 4 heteroatoms. The van der Waals surface area contributed by atoms with Gasteiger partial charge in [-0.05, 0) is 40.0 Å². The van der Waals surface area contributed by atoms with Crippen molar-refractivity contribution >= 4 is 27.5 Å². The lowest BCUT2D eigenvalue weighted by Crippen LogP contribution is -1.90. The topological polar surface area (TPSA) is 25.8 Å². The molecule has 0 aliphatic carbocycles. The van der Waals surface area contributed by atoms with E-state index in [0.717, 1.165) is 16.7 Å². The van der Waals surface area contributed by atoms with Gasteiger partial charge in [-0.25, -0.2) is 9.97 Å². The summed E-state index contributed by atoms with van der Waals surface area (Å²) in [5.74, 6) is 0. The maximum absolute atomic E-state index is 5.58. The summed E-state index contributed by atoms with van der Waals surface area (Å²) < 4.78 is 0.740. The Hall–Kier alpha value is -0.150. The number of hydrogen-bond acceptors (Lipinski definition) is 2. The van der Waals surface area contributed by atoms with E-state index in [2.05, 4.69) is 25.9 Å². The van der Waals surface area contributed by atoms with Crippen molar-refractivity contribution in [2.75, 3.05) is 0 Å². The van der Waals surface area contributed by atoms with Crippen molar-refractivity contribution in [1.82, 2.24) is 9.97 Å². The third kappa shape index (κ3) is 1.92. The van der Waals surface area contributed by atoms with Crippen molar-refractivity contribution in [3.63, 3.8) is 0 Å². The second kappa shape index (κ2) is 3.30. The van der Waals surface area contributed by atoms with Crippen LogP contribution in [0.15, 0.2) is 10.7 Å². The van der Waals surface area contributed by atoms with Crippen LogP contribution in [-0.2, 0) is 6.42 Å². The van der Waals surface area contributed by atoms with E-state index < -0.39 is 0 Å². The van der Waals surface area contributed by atoms with Crippen molar-refractivity contribution in [3.8, 4) is 0 Å². The number of halogens is 2. The van der Waals surface area contributed by atoms with Crippen molar-refractivity contribution in [3.05, 3.63) is 21.6 Å². The molecule has 0 atom stereocenters. The minimum absolute atomic E-state index is 0.297. The molecule has 0 spiro atoms. The smallest absolute Gasteiger partial charge is 0.223 e. The number of aryl methyl sites for hydroxylation is 1. The standard InChI is InChI=1S/C6H6BrClN2/c1-2-4-3-5(7)10-6(8)9-4/h3H,2H2,1H3. The van der Waals surface area contributed by atoms with Crippen molar-refractivity contribution < 1.29 is 0 Å². The van der Waals surface area contributed by atoms with Crippen LogP contribution in [0.2, 0.25) is 5.28 Å². The Labute approximate surface area is 72.8 Å². The van der Waals surface area contributed by atoms with Gasteiger partial charge in [-0.15, -0.1) is 0 Å². The number of aromatic nitrogens is 2. The van der Waals surface area contributed by atoms with E-state index in [-0.39, 0.29) is 0 Å². The Balaban J connectivity index is 3.06. The third-order valence-corrected chi connectivity index (χ3v) is 1.66. The molecule has 0 unspecified atom stereocenters. The Morgan fingerprint density at radius 1 is 1.60 bits per heavy atom. The quantitative estimate of drug-likeness (QED) is 0.538. The van der Waals surface area contributed by atoms with Crippen molar-refractivity contribution in [2.45, 2.75) is 13.3 Å². The first-order chi connectivity index (χ1) is 4.72. The lowest BCUT2D eigenvalue weighted by molar-refractivity contribution is 0.988. The van der Waals surface area contributed by atoms with Crippen LogP contribution >= 0.6 is 27.5 Å². The molecule has 1 rings (SSSR count). The molecular formula is C6H6BrClN2. The minimum Gasteiger partial charge on any atom is -0.223 e.